The van der Waals surface area contributed by atoms with Gasteiger partial charge in [0.15, 0.2) is 0 Å². The van der Waals surface area contributed by atoms with Crippen LogP contribution in [0, 0.1) is 0 Å². The van der Waals surface area contributed by atoms with Crippen molar-refractivity contribution in [2.45, 2.75) is 32.0 Å². The lowest BCUT2D eigenvalue weighted by Gasteiger charge is -2.22. The van der Waals surface area contributed by atoms with E-state index in [4.69, 9.17) is 0 Å². The Bertz CT molecular complexity index is 913. The van der Waals surface area contributed by atoms with Crippen LogP contribution in [0.5, 0.6) is 0 Å². The van der Waals surface area contributed by atoms with Crippen molar-refractivity contribution in [3.8, 4) is 0 Å². The largest absolute Gasteiger partial charge is 0.308 e. The highest BCUT2D eigenvalue weighted by atomic mass is 16.1. The number of fused-ring (bicyclic) bond motifs is 1. The standard InChI is InChI=1S/C20H21N3O/c1-22-19-10-6-5-9-17(19)21-18(20(22)24)14-23(16-11-12-16)13-15-7-3-2-4-8-15/h2-10,16H,11-14H2,1H3. The van der Waals surface area contributed by atoms with Crippen molar-refractivity contribution >= 4 is 11.0 Å². The third-order valence-corrected chi connectivity index (χ3v) is 4.69. The first-order valence-electron chi connectivity index (χ1n) is 8.45. The van der Waals surface area contributed by atoms with Gasteiger partial charge in [-0.1, -0.05) is 42.5 Å². The molecule has 1 fully saturated rings. The van der Waals surface area contributed by atoms with Crippen molar-refractivity contribution in [1.29, 1.82) is 0 Å². The highest BCUT2D eigenvalue weighted by Gasteiger charge is 2.30. The Labute approximate surface area is 141 Å². The van der Waals surface area contributed by atoms with Crippen LogP contribution in [0.25, 0.3) is 11.0 Å². The average Bonchev–Trinajstić information content (AvgIpc) is 3.45. The van der Waals surface area contributed by atoms with Crippen molar-refractivity contribution in [2.75, 3.05) is 0 Å². The Kier molecular flexibility index (Phi) is 3.90. The Morgan fingerprint density at radius 3 is 2.50 bits per heavy atom. The maximum Gasteiger partial charge on any atom is 0.273 e. The topological polar surface area (TPSA) is 38.1 Å². The van der Waals surface area contributed by atoms with E-state index in [0.717, 1.165) is 17.6 Å². The first-order chi connectivity index (χ1) is 11.7. The van der Waals surface area contributed by atoms with E-state index in [1.807, 2.05) is 37.4 Å². The van der Waals surface area contributed by atoms with Gasteiger partial charge >= 0.3 is 0 Å². The molecule has 1 heterocycles. The van der Waals surface area contributed by atoms with Crippen LogP contribution in [-0.4, -0.2) is 20.5 Å². The van der Waals surface area contributed by atoms with Gasteiger partial charge in [0, 0.05) is 26.2 Å². The second-order valence-electron chi connectivity index (χ2n) is 6.53. The lowest BCUT2D eigenvalue weighted by molar-refractivity contribution is 0.241. The van der Waals surface area contributed by atoms with Crippen LogP contribution >= 0.6 is 0 Å². The predicted molar refractivity (Wildman–Crippen MR) is 95.7 cm³/mol. The van der Waals surface area contributed by atoms with Crippen molar-refractivity contribution in [2.24, 2.45) is 7.05 Å². The summed E-state index contributed by atoms with van der Waals surface area (Å²) in [6, 6.07) is 18.8. The first-order valence-corrected chi connectivity index (χ1v) is 8.45. The lowest BCUT2D eigenvalue weighted by atomic mass is 10.2. The number of rotatable bonds is 5. The lowest BCUT2D eigenvalue weighted by Crippen LogP contribution is -2.31. The molecule has 0 saturated heterocycles. The summed E-state index contributed by atoms with van der Waals surface area (Å²) < 4.78 is 1.71. The molecule has 4 rings (SSSR count). The van der Waals surface area contributed by atoms with E-state index in [2.05, 4.69) is 34.1 Å². The van der Waals surface area contributed by atoms with E-state index < -0.39 is 0 Å². The molecular weight excluding hydrogens is 298 g/mol. The summed E-state index contributed by atoms with van der Waals surface area (Å²) in [5.41, 5.74) is 3.69. The molecule has 24 heavy (non-hydrogen) atoms. The van der Waals surface area contributed by atoms with Crippen molar-refractivity contribution < 1.29 is 0 Å². The summed E-state index contributed by atoms with van der Waals surface area (Å²) in [5, 5.41) is 0. The average molecular weight is 319 g/mol. The van der Waals surface area contributed by atoms with Crippen LogP contribution in [-0.2, 0) is 20.1 Å². The molecule has 4 heteroatoms. The van der Waals surface area contributed by atoms with Gasteiger partial charge in [-0.25, -0.2) is 4.98 Å². The summed E-state index contributed by atoms with van der Waals surface area (Å²) in [5.74, 6) is 0. The summed E-state index contributed by atoms with van der Waals surface area (Å²) in [7, 11) is 1.83. The molecule has 1 saturated carbocycles. The highest BCUT2D eigenvalue weighted by molar-refractivity contribution is 5.74. The van der Waals surface area contributed by atoms with Crippen LogP contribution < -0.4 is 5.56 Å². The van der Waals surface area contributed by atoms with Crippen molar-refractivity contribution in [3.05, 3.63) is 76.2 Å². The number of aryl methyl sites for hydroxylation is 1. The molecule has 122 valence electrons. The van der Waals surface area contributed by atoms with Crippen LogP contribution in [0.4, 0.5) is 0 Å². The molecule has 0 radical (unpaired) electrons. The summed E-state index contributed by atoms with van der Waals surface area (Å²) in [6.45, 7) is 1.47. The van der Waals surface area contributed by atoms with Gasteiger partial charge < -0.3 is 4.57 Å². The third-order valence-electron chi connectivity index (χ3n) is 4.69. The first kappa shape index (κ1) is 15.1. The summed E-state index contributed by atoms with van der Waals surface area (Å²) in [6.07, 6.45) is 2.42. The maximum absolute atomic E-state index is 12.7. The molecule has 0 bridgehead atoms. The monoisotopic (exact) mass is 319 g/mol. The third kappa shape index (κ3) is 2.97. The zero-order chi connectivity index (χ0) is 16.5. The van der Waals surface area contributed by atoms with E-state index in [1.165, 1.54) is 18.4 Å². The molecule has 4 nitrogen and oxygen atoms in total. The fourth-order valence-electron chi connectivity index (χ4n) is 3.21. The fraction of sp³-hybridized carbons (Fsp3) is 0.300. The molecule has 2 aromatic carbocycles. The molecule has 3 aromatic rings. The molecule has 0 unspecified atom stereocenters. The van der Waals surface area contributed by atoms with Crippen LogP contribution in [0.15, 0.2) is 59.4 Å². The Balaban J connectivity index is 1.66. The number of para-hydroxylation sites is 2. The van der Waals surface area contributed by atoms with E-state index in [-0.39, 0.29) is 5.56 Å². The molecule has 1 aromatic heterocycles. The van der Waals surface area contributed by atoms with Gasteiger partial charge in [-0.3, -0.25) is 9.69 Å². The molecular formula is C20H21N3O. The molecule has 0 atom stereocenters. The number of aromatic nitrogens is 2. The van der Waals surface area contributed by atoms with E-state index in [0.29, 0.717) is 18.3 Å². The number of nitrogens with zero attached hydrogens (tertiary/aromatic N) is 3. The number of benzene rings is 2. The Morgan fingerprint density at radius 1 is 1.04 bits per heavy atom. The SMILES string of the molecule is Cn1c(=O)c(CN(Cc2ccccc2)C2CC2)nc2ccccc21. The number of hydrogen-bond donors (Lipinski definition) is 0. The van der Waals surface area contributed by atoms with Gasteiger partial charge in [0.2, 0.25) is 0 Å². The smallest absolute Gasteiger partial charge is 0.273 e. The Hall–Kier alpha value is -2.46. The van der Waals surface area contributed by atoms with Gasteiger partial charge in [-0.2, -0.15) is 0 Å². The highest BCUT2D eigenvalue weighted by Crippen LogP contribution is 2.29. The van der Waals surface area contributed by atoms with Gasteiger partial charge in [0.25, 0.3) is 5.56 Å². The normalized spacial score (nSPS) is 14.4. The van der Waals surface area contributed by atoms with E-state index in [1.54, 1.807) is 4.57 Å². The quantitative estimate of drug-likeness (QED) is 0.725. The van der Waals surface area contributed by atoms with Crippen LogP contribution in [0.1, 0.15) is 24.1 Å². The molecule has 0 amide bonds. The van der Waals surface area contributed by atoms with E-state index >= 15 is 0 Å². The van der Waals surface area contributed by atoms with Crippen molar-refractivity contribution in [3.63, 3.8) is 0 Å². The molecule has 1 aliphatic rings. The zero-order valence-electron chi connectivity index (χ0n) is 13.9. The molecule has 0 N–H and O–H groups in total. The van der Waals surface area contributed by atoms with Gasteiger partial charge in [0.1, 0.15) is 5.69 Å². The zero-order valence-corrected chi connectivity index (χ0v) is 13.9. The van der Waals surface area contributed by atoms with Gasteiger partial charge in [0.05, 0.1) is 11.0 Å². The minimum atomic E-state index is 0.00686. The van der Waals surface area contributed by atoms with Crippen molar-refractivity contribution in [1.82, 2.24) is 14.5 Å². The van der Waals surface area contributed by atoms with Crippen LogP contribution in [0.2, 0.25) is 0 Å². The predicted octanol–water partition coefficient (Wildman–Crippen LogP) is 3.10. The second kappa shape index (κ2) is 6.21. The minimum absolute atomic E-state index is 0.00686. The fourth-order valence-corrected chi connectivity index (χ4v) is 3.21. The molecule has 0 aliphatic heterocycles. The van der Waals surface area contributed by atoms with Gasteiger partial charge in [-0.15, -0.1) is 0 Å². The maximum atomic E-state index is 12.7. The molecule has 1 aliphatic carbocycles. The molecule has 0 spiro atoms. The van der Waals surface area contributed by atoms with Crippen LogP contribution in [0.3, 0.4) is 0 Å². The Morgan fingerprint density at radius 2 is 1.75 bits per heavy atom. The number of hydrogen-bond acceptors (Lipinski definition) is 3. The summed E-state index contributed by atoms with van der Waals surface area (Å²) >= 11 is 0. The van der Waals surface area contributed by atoms with E-state index in [9.17, 15) is 4.79 Å². The minimum Gasteiger partial charge on any atom is -0.308 e. The summed E-state index contributed by atoms with van der Waals surface area (Å²) in [4.78, 5) is 19.7. The second-order valence-corrected chi connectivity index (χ2v) is 6.53. The van der Waals surface area contributed by atoms with Gasteiger partial charge in [-0.05, 0) is 30.5 Å².